The van der Waals surface area contributed by atoms with Gasteiger partial charge in [-0.15, -0.1) is 0 Å². The lowest BCUT2D eigenvalue weighted by molar-refractivity contribution is 0.212. The molecule has 1 unspecified atom stereocenters. The number of benzene rings is 2. The number of hydrogen-bond acceptors (Lipinski definition) is 3. The Balaban J connectivity index is 1.89. The molecule has 118 valence electrons. The number of H-pyrrole nitrogens is 2. The molecule has 0 aliphatic carbocycles. The molecule has 2 aromatic carbocycles. The lowest BCUT2D eigenvalue weighted by Gasteiger charge is -2.14. The van der Waals surface area contributed by atoms with E-state index in [2.05, 4.69) is 27.1 Å². The molecule has 24 heavy (non-hydrogen) atoms. The second-order valence-corrected chi connectivity index (χ2v) is 6.06. The SMILES string of the molecule is Cc1cc(C)c2[nH]ccc2c1C(O)c1nc2cc(C#N)ccc2[nH]1. The monoisotopic (exact) mass is 316 g/mol. The Morgan fingerprint density at radius 2 is 2.00 bits per heavy atom. The molecule has 0 saturated carbocycles. The van der Waals surface area contributed by atoms with Crippen LogP contribution in [-0.2, 0) is 0 Å². The Morgan fingerprint density at radius 1 is 1.17 bits per heavy atom. The summed E-state index contributed by atoms with van der Waals surface area (Å²) in [5, 5.41) is 20.9. The quantitative estimate of drug-likeness (QED) is 0.528. The van der Waals surface area contributed by atoms with Gasteiger partial charge in [0, 0.05) is 22.7 Å². The van der Waals surface area contributed by atoms with Crippen molar-refractivity contribution in [3.63, 3.8) is 0 Å². The average molecular weight is 316 g/mol. The lowest BCUT2D eigenvalue weighted by atomic mass is 9.96. The molecular formula is C19H16N4O. The van der Waals surface area contributed by atoms with Crippen molar-refractivity contribution in [3.05, 3.63) is 64.6 Å². The first-order valence-electron chi connectivity index (χ1n) is 7.73. The van der Waals surface area contributed by atoms with Gasteiger partial charge in [-0.2, -0.15) is 5.26 Å². The third-order valence-electron chi connectivity index (χ3n) is 4.45. The Morgan fingerprint density at radius 3 is 2.79 bits per heavy atom. The maximum atomic E-state index is 10.9. The fraction of sp³-hybridized carbons (Fsp3) is 0.158. The molecule has 4 aromatic rings. The van der Waals surface area contributed by atoms with E-state index in [0.29, 0.717) is 16.9 Å². The first kappa shape index (κ1) is 14.5. The Bertz CT molecular complexity index is 1110. The summed E-state index contributed by atoms with van der Waals surface area (Å²) < 4.78 is 0. The van der Waals surface area contributed by atoms with Crippen LogP contribution >= 0.6 is 0 Å². The zero-order valence-corrected chi connectivity index (χ0v) is 13.4. The van der Waals surface area contributed by atoms with Crippen molar-refractivity contribution in [3.8, 4) is 6.07 Å². The first-order chi connectivity index (χ1) is 11.6. The third kappa shape index (κ3) is 2.08. The van der Waals surface area contributed by atoms with Crippen LogP contribution in [0.25, 0.3) is 21.9 Å². The number of fused-ring (bicyclic) bond motifs is 2. The molecule has 0 saturated heterocycles. The van der Waals surface area contributed by atoms with Crippen LogP contribution in [0.2, 0.25) is 0 Å². The second kappa shape index (κ2) is 5.22. The number of imidazole rings is 1. The van der Waals surface area contributed by atoms with Gasteiger partial charge in [0.25, 0.3) is 0 Å². The van der Waals surface area contributed by atoms with Crippen LogP contribution in [0.15, 0.2) is 36.5 Å². The summed E-state index contributed by atoms with van der Waals surface area (Å²) in [5.41, 5.74) is 6.07. The molecule has 0 bridgehead atoms. The van der Waals surface area contributed by atoms with Gasteiger partial charge in [-0.05, 0) is 49.2 Å². The van der Waals surface area contributed by atoms with Crippen molar-refractivity contribution < 1.29 is 5.11 Å². The van der Waals surface area contributed by atoms with Gasteiger partial charge < -0.3 is 15.1 Å². The highest BCUT2D eigenvalue weighted by atomic mass is 16.3. The maximum absolute atomic E-state index is 10.9. The summed E-state index contributed by atoms with van der Waals surface area (Å²) in [6, 6.07) is 11.4. The van der Waals surface area contributed by atoms with Crippen molar-refractivity contribution >= 4 is 21.9 Å². The predicted molar refractivity (Wildman–Crippen MR) is 92.6 cm³/mol. The molecule has 2 heterocycles. The van der Waals surface area contributed by atoms with Crippen LogP contribution < -0.4 is 0 Å². The molecule has 2 aromatic heterocycles. The van der Waals surface area contributed by atoms with Gasteiger partial charge in [0.1, 0.15) is 11.9 Å². The minimum Gasteiger partial charge on any atom is -0.380 e. The minimum absolute atomic E-state index is 0.481. The van der Waals surface area contributed by atoms with Crippen LogP contribution in [0.1, 0.15) is 34.2 Å². The minimum atomic E-state index is -0.859. The van der Waals surface area contributed by atoms with E-state index in [4.69, 9.17) is 5.26 Å². The average Bonchev–Trinajstić information content (AvgIpc) is 3.20. The van der Waals surface area contributed by atoms with E-state index < -0.39 is 6.10 Å². The van der Waals surface area contributed by atoms with Gasteiger partial charge in [0.15, 0.2) is 0 Å². The Kier molecular flexibility index (Phi) is 3.15. The molecule has 5 heteroatoms. The predicted octanol–water partition coefficient (Wildman–Crippen LogP) is 3.61. The molecule has 0 aliphatic rings. The van der Waals surface area contributed by atoms with Crippen LogP contribution in [0, 0.1) is 25.2 Å². The summed E-state index contributed by atoms with van der Waals surface area (Å²) in [6.07, 6.45) is 1.02. The molecule has 5 nitrogen and oxygen atoms in total. The van der Waals surface area contributed by atoms with Gasteiger partial charge in [0.2, 0.25) is 0 Å². The molecule has 4 rings (SSSR count). The number of nitriles is 1. The number of aromatic nitrogens is 3. The fourth-order valence-corrected chi connectivity index (χ4v) is 3.33. The van der Waals surface area contributed by atoms with Gasteiger partial charge in [-0.25, -0.2) is 4.98 Å². The number of hydrogen-bond donors (Lipinski definition) is 3. The second-order valence-electron chi connectivity index (χ2n) is 6.06. The molecule has 0 fully saturated rings. The molecule has 3 N–H and O–H groups in total. The van der Waals surface area contributed by atoms with E-state index in [0.717, 1.165) is 33.1 Å². The van der Waals surface area contributed by atoms with E-state index in [1.807, 2.05) is 32.2 Å². The van der Waals surface area contributed by atoms with Crippen molar-refractivity contribution in [2.75, 3.05) is 0 Å². The Hall–Kier alpha value is -3.10. The van der Waals surface area contributed by atoms with E-state index in [9.17, 15) is 5.11 Å². The maximum Gasteiger partial charge on any atom is 0.140 e. The fourth-order valence-electron chi connectivity index (χ4n) is 3.33. The van der Waals surface area contributed by atoms with Crippen molar-refractivity contribution in [1.29, 1.82) is 5.26 Å². The van der Waals surface area contributed by atoms with Crippen LogP contribution in [0.3, 0.4) is 0 Å². The molecule has 0 amide bonds. The topological polar surface area (TPSA) is 88.5 Å². The zero-order valence-electron chi connectivity index (χ0n) is 13.4. The van der Waals surface area contributed by atoms with Gasteiger partial charge in [-0.1, -0.05) is 6.07 Å². The first-order valence-corrected chi connectivity index (χ1v) is 7.73. The zero-order chi connectivity index (χ0) is 16.8. The van der Waals surface area contributed by atoms with Crippen molar-refractivity contribution in [2.24, 2.45) is 0 Å². The smallest absolute Gasteiger partial charge is 0.140 e. The summed E-state index contributed by atoms with van der Waals surface area (Å²) in [6.45, 7) is 4.04. The highest BCUT2D eigenvalue weighted by molar-refractivity contribution is 5.88. The molecular weight excluding hydrogens is 300 g/mol. The summed E-state index contributed by atoms with van der Waals surface area (Å²) in [4.78, 5) is 10.9. The van der Waals surface area contributed by atoms with Crippen molar-refractivity contribution in [1.82, 2.24) is 15.0 Å². The highest BCUT2D eigenvalue weighted by Gasteiger charge is 2.21. The summed E-state index contributed by atoms with van der Waals surface area (Å²) in [5.74, 6) is 0.481. The largest absolute Gasteiger partial charge is 0.380 e. The van der Waals surface area contributed by atoms with Crippen molar-refractivity contribution in [2.45, 2.75) is 20.0 Å². The number of rotatable bonds is 2. The van der Waals surface area contributed by atoms with Crippen LogP contribution in [0.4, 0.5) is 0 Å². The van der Waals surface area contributed by atoms with Gasteiger partial charge in [0.05, 0.1) is 22.7 Å². The summed E-state index contributed by atoms with van der Waals surface area (Å²) in [7, 11) is 0. The number of aliphatic hydroxyl groups is 1. The van der Waals surface area contributed by atoms with E-state index in [1.54, 1.807) is 12.1 Å². The molecule has 0 aliphatic heterocycles. The Labute approximate surface area is 138 Å². The molecule has 0 radical (unpaired) electrons. The third-order valence-corrected chi connectivity index (χ3v) is 4.45. The van der Waals surface area contributed by atoms with Crippen LogP contribution in [-0.4, -0.2) is 20.1 Å². The van der Waals surface area contributed by atoms with E-state index >= 15 is 0 Å². The number of aryl methyl sites for hydroxylation is 2. The number of nitrogens with one attached hydrogen (secondary N) is 2. The normalized spacial score (nSPS) is 12.6. The van der Waals surface area contributed by atoms with Gasteiger partial charge in [-0.3, -0.25) is 0 Å². The molecule has 1 atom stereocenters. The molecule has 0 spiro atoms. The van der Waals surface area contributed by atoms with Crippen LogP contribution in [0.5, 0.6) is 0 Å². The van der Waals surface area contributed by atoms with E-state index in [-0.39, 0.29) is 0 Å². The van der Waals surface area contributed by atoms with Gasteiger partial charge >= 0.3 is 0 Å². The standard InChI is InChI=1S/C19H16N4O/c1-10-7-11(2)17-13(5-6-21-17)16(10)18(24)19-22-14-4-3-12(9-20)8-15(14)23-19/h3-8,18,21,24H,1-2H3,(H,22,23). The number of aromatic amines is 2. The summed E-state index contributed by atoms with van der Waals surface area (Å²) >= 11 is 0. The van der Waals surface area contributed by atoms with E-state index in [1.165, 1.54) is 0 Å². The number of nitrogens with zero attached hydrogens (tertiary/aromatic N) is 2. The number of aliphatic hydroxyl groups excluding tert-OH is 1. The highest BCUT2D eigenvalue weighted by Crippen LogP contribution is 2.33. The lowest BCUT2D eigenvalue weighted by Crippen LogP contribution is -2.05.